The number of hydrogen-bond acceptors (Lipinski definition) is 2. The van der Waals surface area contributed by atoms with Crippen LogP contribution in [-0.2, 0) is 6.54 Å². The van der Waals surface area contributed by atoms with Gasteiger partial charge in [-0.1, -0.05) is 37.6 Å². The van der Waals surface area contributed by atoms with Gasteiger partial charge in [0.2, 0.25) is 0 Å². The number of aryl methyl sites for hydroxylation is 1. The first kappa shape index (κ1) is 14.5. The van der Waals surface area contributed by atoms with E-state index in [0.29, 0.717) is 12.5 Å². The van der Waals surface area contributed by atoms with E-state index in [0.717, 1.165) is 29.1 Å². The van der Waals surface area contributed by atoms with Crippen LogP contribution in [0.2, 0.25) is 5.02 Å². The SMILES string of the molecule is Cc1ccc(CNCC(O)CC(C)C)cc1Cl. The third kappa shape index (κ3) is 5.53. The Hall–Kier alpha value is -0.570. The lowest BCUT2D eigenvalue weighted by molar-refractivity contribution is 0.146. The molecule has 3 heteroatoms. The van der Waals surface area contributed by atoms with E-state index in [2.05, 4.69) is 25.2 Å². The fourth-order valence-electron chi connectivity index (χ4n) is 1.76. The average Bonchev–Trinajstić information content (AvgIpc) is 2.22. The molecule has 0 bridgehead atoms. The van der Waals surface area contributed by atoms with Gasteiger partial charge < -0.3 is 10.4 Å². The van der Waals surface area contributed by atoms with Crippen molar-refractivity contribution < 1.29 is 5.11 Å². The van der Waals surface area contributed by atoms with Crippen molar-refractivity contribution in [1.82, 2.24) is 5.32 Å². The Morgan fingerprint density at radius 2 is 2.06 bits per heavy atom. The van der Waals surface area contributed by atoms with Crippen molar-refractivity contribution in [2.45, 2.75) is 39.8 Å². The number of hydrogen-bond donors (Lipinski definition) is 2. The highest BCUT2D eigenvalue weighted by Gasteiger charge is 2.06. The van der Waals surface area contributed by atoms with E-state index in [1.807, 2.05) is 19.1 Å². The van der Waals surface area contributed by atoms with Gasteiger partial charge in [-0.2, -0.15) is 0 Å². The van der Waals surface area contributed by atoms with Crippen molar-refractivity contribution in [3.8, 4) is 0 Å². The van der Waals surface area contributed by atoms with Gasteiger partial charge in [-0.05, 0) is 36.5 Å². The number of rotatable bonds is 6. The lowest BCUT2D eigenvalue weighted by Crippen LogP contribution is -2.27. The van der Waals surface area contributed by atoms with Crippen LogP contribution in [0.4, 0.5) is 0 Å². The van der Waals surface area contributed by atoms with Crippen molar-refractivity contribution in [2.75, 3.05) is 6.54 Å². The highest BCUT2D eigenvalue weighted by Crippen LogP contribution is 2.16. The quantitative estimate of drug-likeness (QED) is 0.819. The smallest absolute Gasteiger partial charge is 0.0667 e. The van der Waals surface area contributed by atoms with Gasteiger partial charge in [-0.3, -0.25) is 0 Å². The molecular weight excluding hydrogens is 234 g/mol. The zero-order valence-electron chi connectivity index (χ0n) is 10.8. The molecule has 0 aliphatic heterocycles. The summed E-state index contributed by atoms with van der Waals surface area (Å²) in [6.45, 7) is 7.59. The lowest BCUT2D eigenvalue weighted by Gasteiger charge is -2.14. The molecular formula is C14H22ClNO. The van der Waals surface area contributed by atoms with Gasteiger partial charge in [-0.15, -0.1) is 0 Å². The standard InChI is InChI=1S/C14H22ClNO/c1-10(2)6-13(17)9-16-8-12-5-4-11(3)14(15)7-12/h4-5,7,10,13,16-17H,6,8-9H2,1-3H3. The molecule has 1 atom stereocenters. The van der Waals surface area contributed by atoms with Crippen molar-refractivity contribution in [3.05, 3.63) is 34.3 Å². The zero-order valence-corrected chi connectivity index (χ0v) is 11.6. The fraction of sp³-hybridized carbons (Fsp3) is 0.571. The first-order valence-electron chi connectivity index (χ1n) is 6.13. The molecule has 0 amide bonds. The van der Waals surface area contributed by atoms with Crippen LogP contribution in [0.15, 0.2) is 18.2 Å². The highest BCUT2D eigenvalue weighted by molar-refractivity contribution is 6.31. The number of halogens is 1. The molecule has 1 aromatic rings. The van der Waals surface area contributed by atoms with E-state index >= 15 is 0 Å². The second kappa shape index (κ2) is 7.00. The maximum atomic E-state index is 9.71. The molecule has 0 saturated heterocycles. The molecule has 0 aliphatic carbocycles. The molecule has 0 heterocycles. The summed E-state index contributed by atoms with van der Waals surface area (Å²) in [6, 6.07) is 6.05. The molecule has 1 rings (SSSR count). The summed E-state index contributed by atoms with van der Waals surface area (Å²) in [5.74, 6) is 0.528. The Morgan fingerprint density at radius 3 is 2.65 bits per heavy atom. The van der Waals surface area contributed by atoms with Crippen molar-refractivity contribution >= 4 is 11.6 Å². The van der Waals surface area contributed by atoms with Crippen LogP contribution in [0.1, 0.15) is 31.4 Å². The topological polar surface area (TPSA) is 32.3 Å². The predicted molar refractivity (Wildman–Crippen MR) is 73.4 cm³/mol. The van der Waals surface area contributed by atoms with Gasteiger partial charge in [0, 0.05) is 18.1 Å². The molecule has 2 N–H and O–H groups in total. The number of aliphatic hydroxyl groups is 1. The summed E-state index contributed by atoms with van der Waals surface area (Å²) in [5, 5.41) is 13.8. The molecule has 17 heavy (non-hydrogen) atoms. The molecule has 0 radical (unpaired) electrons. The van der Waals surface area contributed by atoms with E-state index in [9.17, 15) is 5.11 Å². The molecule has 2 nitrogen and oxygen atoms in total. The highest BCUT2D eigenvalue weighted by atomic mass is 35.5. The fourth-order valence-corrected chi connectivity index (χ4v) is 1.96. The molecule has 1 unspecified atom stereocenters. The van der Waals surface area contributed by atoms with Gasteiger partial charge in [-0.25, -0.2) is 0 Å². The van der Waals surface area contributed by atoms with Crippen LogP contribution >= 0.6 is 11.6 Å². The van der Waals surface area contributed by atoms with Crippen LogP contribution < -0.4 is 5.32 Å². The van der Waals surface area contributed by atoms with Gasteiger partial charge >= 0.3 is 0 Å². The van der Waals surface area contributed by atoms with E-state index in [4.69, 9.17) is 11.6 Å². The first-order chi connectivity index (χ1) is 7.99. The molecule has 0 aromatic heterocycles. The van der Waals surface area contributed by atoms with Gasteiger partial charge in [0.15, 0.2) is 0 Å². The van der Waals surface area contributed by atoms with Crippen LogP contribution in [0.3, 0.4) is 0 Å². The van der Waals surface area contributed by atoms with Crippen LogP contribution in [0.25, 0.3) is 0 Å². The number of nitrogens with one attached hydrogen (secondary N) is 1. The minimum absolute atomic E-state index is 0.268. The molecule has 0 saturated carbocycles. The average molecular weight is 256 g/mol. The van der Waals surface area contributed by atoms with Gasteiger partial charge in [0.25, 0.3) is 0 Å². The molecule has 0 spiro atoms. The Morgan fingerprint density at radius 1 is 1.35 bits per heavy atom. The van der Waals surface area contributed by atoms with Gasteiger partial charge in [0.05, 0.1) is 6.10 Å². The minimum Gasteiger partial charge on any atom is -0.392 e. The summed E-state index contributed by atoms with van der Waals surface area (Å²) in [4.78, 5) is 0. The van der Waals surface area contributed by atoms with Crippen LogP contribution in [0.5, 0.6) is 0 Å². The summed E-state index contributed by atoms with van der Waals surface area (Å²) in [6.07, 6.45) is 0.567. The van der Waals surface area contributed by atoms with Crippen LogP contribution in [-0.4, -0.2) is 17.8 Å². The van der Waals surface area contributed by atoms with E-state index in [1.54, 1.807) is 0 Å². The summed E-state index contributed by atoms with van der Waals surface area (Å²) in [5.41, 5.74) is 2.24. The summed E-state index contributed by atoms with van der Waals surface area (Å²) >= 11 is 6.05. The molecule has 1 aromatic carbocycles. The maximum Gasteiger partial charge on any atom is 0.0667 e. The Balaban J connectivity index is 2.33. The van der Waals surface area contributed by atoms with E-state index < -0.39 is 0 Å². The van der Waals surface area contributed by atoms with Crippen LogP contribution in [0, 0.1) is 12.8 Å². The summed E-state index contributed by atoms with van der Waals surface area (Å²) in [7, 11) is 0. The monoisotopic (exact) mass is 255 g/mol. The normalized spacial score (nSPS) is 13.1. The second-order valence-electron chi connectivity index (χ2n) is 5.00. The number of benzene rings is 1. The number of aliphatic hydroxyl groups excluding tert-OH is 1. The third-order valence-electron chi connectivity index (χ3n) is 2.69. The van der Waals surface area contributed by atoms with Crippen molar-refractivity contribution in [2.24, 2.45) is 5.92 Å². The Kier molecular flexibility index (Phi) is 5.96. The molecule has 0 aliphatic rings. The predicted octanol–water partition coefficient (Wildman–Crippen LogP) is 3.15. The van der Waals surface area contributed by atoms with Gasteiger partial charge in [0.1, 0.15) is 0 Å². The Labute approximate surface area is 109 Å². The Bertz CT molecular complexity index is 352. The minimum atomic E-state index is -0.268. The van der Waals surface area contributed by atoms with Crippen molar-refractivity contribution in [3.63, 3.8) is 0 Å². The zero-order chi connectivity index (χ0) is 12.8. The summed E-state index contributed by atoms with van der Waals surface area (Å²) < 4.78 is 0. The molecule has 96 valence electrons. The van der Waals surface area contributed by atoms with E-state index in [1.165, 1.54) is 0 Å². The van der Waals surface area contributed by atoms with Crippen molar-refractivity contribution in [1.29, 1.82) is 0 Å². The first-order valence-corrected chi connectivity index (χ1v) is 6.50. The maximum absolute atomic E-state index is 9.71. The largest absolute Gasteiger partial charge is 0.392 e. The molecule has 0 fully saturated rings. The third-order valence-corrected chi connectivity index (χ3v) is 3.10. The second-order valence-corrected chi connectivity index (χ2v) is 5.41. The lowest BCUT2D eigenvalue weighted by atomic mass is 10.1. The van der Waals surface area contributed by atoms with E-state index in [-0.39, 0.29) is 6.10 Å².